The number of carbonyl (C=O) groups excluding carboxylic acids is 1. The van der Waals surface area contributed by atoms with Gasteiger partial charge in [0.1, 0.15) is 11.6 Å². The van der Waals surface area contributed by atoms with E-state index in [1.807, 2.05) is 72.8 Å². The quantitative estimate of drug-likeness (QED) is 0.258. The van der Waals surface area contributed by atoms with Crippen LogP contribution in [-0.4, -0.2) is 10.9 Å². The molecule has 1 unspecified atom stereocenters. The lowest BCUT2D eigenvalue weighted by molar-refractivity contribution is 0.0985. The number of amides is 1. The molecule has 0 fully saturated rings. The van der Waals surface area contributed by atoms with Crippen LogP contribution < -0.4 is 10.2 Å². The highest BCUT2D eigenvalue weighted by Crippen LogP contribution is 2.50. The monoisotopic (exact) mass is 507 g/mol. The number of rotatable bonds is 6. The van der Waals surface area contributed by atoms with E-state index in [0.717, 1.165) is 21.9 Å². The first-order valence-corrected chi connectivity index (χ1v) is 12.4. The fourth-order valence-corrected chi connectivity index (χ4v) is 5.00. The van der Waals surface area contributed by atoms with Crippen molar-refractivity contribution in [2.24, 2.45) is 0 Å². The fourth-order valence-electron chi connectivity index (χ4n) is 4.83. The Labute approximate surface area is 219 Å². The highest BCUT2D eigenvalue weighted by atomic mass is 35.5. The maximum atomic E-state index is 13.9. The molecule has 0 spiro atoms. The topological polar surface area (TPSA) is 45.2 Å². The first kappa shape index (κ1) is 23.2. The molecule has 0 aliphatic heterocycles. The number of nitrogens with zero attached hydrogens (tertiary/aromatic N) is 2. The molecule has 1 amide bonds. The van der Waals surface area contributed by atoms with Gasteiger partial charge in [-0.05, 0) is 76.9 Å². The summed E-state index contributed by atoms with van der Waals surface area (Å²) in [6, 6.07) is 29.4. The van der Waals surface area contributed by atoms with Gasteiger partial charge in [0.05, 0.1) is 12.1 Å². The van der Waals surface area contributed by atoms with Crippen LogP contribution in [0.2, 0.25) is 5.02 Å². The lowest BCUT2D eigenvalue weighted by atomic mass is 10.1. The molecule has 1 aliphatic rings. The van der Waals surface area contributed by atoms with Crippen molar-refractivity contribution in [2.75, 3.05) is 10.2 Å². The zero-order valence-corrected chi connectivity index (χ0v) is 20.8. The molecule has 4 nitrogen and oxygen atoms in total. The van der Waals surface area contributed by atoms with Crippen LogP contribution >= 0.6 is 11.6 Å². The standard InChI is InChI=1S/C31H23ClFN3O/c1-31(27-13-10-24(32)17-28(27)31)35-29-18-26(14-15-34-29)36(19-20-6-11-25(33)12-7-20)30(37)23-9-8-21-4-2-3-5-22(21)16-23/h2-18H,19H2,1H3,(H,34,35). The van der Waals surface area contributed by atoms with E-state index in [1.54, 1.807) is 23.2 Å². The van der Waals surface area contributed by atoms with Crippen molar-refractivity contribution in [2.45, 2.75) is 19.0 Å². The van der Waals surface area contributed by atoms with E-state index < -0.39 is 0 Å². The second-order valence-electron chi connectivity index (χ2n) is 9.42. The number of hydrogen-bond donors (Lipinski definition) is 1. The van der Waals surface area contributed by atoms with E-state index in [9.17, 15) is 9.18 Å². The number of halogens is 2. The molecule has 6 heteroatoms. The third kappa shape index (κ3) is 4.43. The Morgan fingerprint density at radius 1 is 0.919 bits per heavy atom. The number of aromatic nitrogens is 1. The van der Waals surface area contributed by atoms with Gasteiger partial charge in [0.15, 0.2) is 0 Å². The molecule has 1 aromatic heterocycles. The van der Waals surface area contributed by atoms with Gasteiger partial charge in [0.2, 0.25) is 0 Å². The molecule has 0 saturated heterocycles. The van der Waals surface area contributed by atoms with Crippen molar-refractivity contribution in [3.63, 3.8) is 0 Å². The predicted octanol–water partition coefficient (Wildman–Crippen LogP) is 7.56. The summed E-state index contributed by atoms with van der Waals surface area (Å²) in [7, 11) is 0. The van der Waals surface area contributed by atoms with E-state index in [0.29, 0.717) is 22.1 Å². The van der Waals surface area contributed by atoms with Gasteiger partial charge in [-0.2, -0.15) is 0 Å². The molecular formula is C31H23ClFN3O. The zero-order valence-electron chi connectivity index (χ0n) is 20.1. The number of nitrogens with one attached hydrogen (secondary N) is 1. The van der Waals surface area contributed by atoms with Gasteiger partial charge in [0.25, 0.3) is 5.91 Å². The van der Waals surface area contributed by atoms with Crippen molar-refractivity contribution in [3.05, 3.63) is 136 Å². The Morgan fingerprint density at radius 2 is 1.70 bits per heavy atom. The van der Waals surface area contributed by atoms with Gasteiger partial charge in [-0.3, -0.25) is 4.79 Å². The minimum Gasteiger partial charge on any atom is -0.357 e. The summed E-state index contributed by atoms with van der Waals surface area (Å²) in [6.07, 6.45) is 1.69. The maximum Gasteiger partial charge on any atom is 0.258 e. The van der Waals surface area contributed by atoms with Crippen molar-refractivity contribution >= 4 is 39.8 Å². The molecule has 6 rings (SSSR count). The van der Waals surface area contributed by atoms with Crippen molar-refractivity contribution < 1.29 is 9.18 Å². The fraction of sp³-hybridized carbons (Fsp3) is 0.0968. The number of anilines is 2. The molecule has 1 heterocycles. The molecule has 0 radical (unpaired) electrons. The first-order chi connectivity index (χ1) is 17.9. The second kappa shape index (κ2) is 9.02. The number of pyridine rings is 1. The van der Waals surface area contributed by atoms with Crippen LogP contribution in [-0.2, 0) is 12.1 Å². The number of fused-ring (bicyclic) bond motifs is 2. The van der Waals surface area contributed by atoms with Crippen LogP contribution in [0.15, 0.2) is 103 Å². The van der Waals surface area contributed by atoms with Crippen LogP contribution in [0.25, 0.3) is 10.8 Å². The SMILES string of the molecule is CC1(Nc2cc(N(Cc3ccc(F)cc3)C(=O)c3ccc4ccccc4c3)ccn2)c2ccc(Cl)cc21. The lowest BCUT2D eigenvalue weighted by Gasteiger charge is -2.24. The first-order valence-electron chi connectivity index (χ1n) is 12.0. The highest BCUT2D eigenvalue weighted by molar-refractivity contribution is 6.30. The maximum absolute atomic E-state index is 13.9. The molecule has 0 saturated carbocycles. The smallest absolute Gasteiger partial charge is 0.258 e. The van der Waals surface area contributed by atoms with Crippen molar-refractivity contribution in [3.8, 4) is 0 Å². The van der Waals surface area contributed by atoms with Gasteiger partial charge in [-0.25, -0.2) is 9.37 Å². The summed E-state index contributed by atoms with van der Waals surface area (Å²) >= 11 is 6.18. The lowest BCUT2D eigenvalue weighted by Crippen LogP contribution is -2.30. The molecule has 182 valence electrons. The summed E-state index contributed by atoms with van der Waals surface area (Å²) in [5.41, 5.74) is 4.01. The summed E-state index contributed by atoms with van der Waals surface area (Å²) < 4.78 is 13.6. The Kier molecular flexibility index (Phi) is 5.65. The van der Waals surface area contributed by atoms with E-state index in [1.165, 1.54) is 17.7 Å². The van der Waals surface area contributed by atoms with Gasteiger partial charge >= 0.3 is 0 Å². The summed E-state index contributed by atoms with van der Waals surface area (Å²) in [5, 5.41) is 6.25. The highest BCUT2D eigenvalue weighted by Gasteiger charge is 2.46. The molecule has 1 atom stereocenters. The number of benzene rings is 4. The predicted molar refractivity (Wildman–Crippen MR) is 147 cm³/mol. The Bertz CT molecular complexity index is 1650. The van der Waals surface area contributed by atoms with Crippen molar-refractivity contribution in [1.29, 1.82) is 0 Å². The van der Waals surface area contributed by atoms with Crippen LogP contribution in [0.3, 0.4) is 0 Å². The Balaban J connectivity index is 1.35. The third-order valence-electron chi connectivity index (χ3n) is 6.93. The van der Waals surface area contributed by atoms with Crippen LogP contribution in [0.5, 0.6) is 0 Å². The average Bonchev–Trinajstić information content (AvgIpc) is 3.49. The van der Waals surface area contributed by atoms with Gasteiger partial charge in [-0.1, -0.05) is 60.1 Å². The molecular weight excluding hydrogens is 485 g/mol. The van der Waals surface area contributed by atoms with Crippen LogP contribution in [0.1, 0.15) is 34.0 Å². The number of hydrogen-bond acceptors (Lipinski definition) is 3. The van der Waals surface area contributed by atoms with Crippen LogP contribution in [0, 0.1) is 5.82 Å². The zero-order chi connectivity index (χ0) is 25.6. The molecule has 37 heavy (non-hydrogen) atoms. The van der Waals surface area contributed by atoms with E-state index in [2.05, 4.69) is 17.2 Å². The third-order valence-corrected chi connectivity index (χ3v) is 7.16. The molecule has 0 bridgehead atoms. The average molecular weight is 508 g/mol. The number of carbonyl (C=O) groups is 1. The van der Waals surface area contributed by atoms with Gasteiger partial charge < -0.3 is 10.2 Å². The molecule has 4 aromatic carbocycles. The summed E-state index contributed by atoms with van der Waals surface area (Å²) in [5.74, 6) is 0.173. The van der Waals surface area contributed by atoms with Crippen LogP contribution in [0.4, 0.5) is 15.9 Å². The van der Waals surface area contributed by atoms with Crippen molar-refractivity contribution in [1.82, 2.24) is 4.98 Å². The second-order valence-corrected chi connectivity index (χ2v) is 9.86. The summed E-state index contributed by atoms with van der Waals surface area (Å²) in [6.45, 7) is 2.36. The largest absolute Gasteiger partial charge is 0.357 e. The van der Waals surface area contributed by atoms with E-state index >= 15 is 0 Å². The minimum atomic E-state index is -0.358. The minimum absolute atomic E-state index is 0.153. The molecule has 1 N–H and O–H groups in total. The molecule has 1 aliphatic carbocycles. The Hall–Kier alpha value is -4.22. The molecule has 5 aromatic rings. The van der Waals surface area contributed by atoms with Gasteiger partial charge in [0, 0.05) is 28.5 Å². The normalized spacial score (nSPS) is 15.8. The van der Waals surface area contributed by atoms with Gasteiger partial charge in [-0.15, -0.1) is 0 Å². The summed E-state index contributed by atoms with van der Waals surface area (Å²) in [4.78, 5) is 20.1. The Morgan fingerprint density at radius 3 is 2.49 bits per heavy atom. The van der Waals surface area contributed by atoms with E-state index in [-0.39, 0.29) is 23.8 Å². The van der Waals surface area contributed by atoms with E-state index in [4.69, 9.17) is 11.6 Å².